The Morgan fingerprint density at radius 1 is 1.15 bits per heavy atom. The smallest absolute Gasteiger partial charge is 0.411 e. The van der Waals surface area contributed by atoms with Crippen LogP contribution in [0.5, 0.6) is 0 Å². The topological polar surface area (TPSA) is 92.8 Å². The van der Waals surface area contributed by atoms with Gasteiger partial charge in [-0.2, -0.15) is 0 Å². The summed E-state index contributed by atoms with van der Waals surface area (Å²) >= 11 is 0. The van der Waals surface area contributed by atoms with Crippen LogP contribution in [0.15, 0.2) is 47.4 Å². The largest absolute Gasteiger partial charge is 0.444 e. The number of nitrogens with zero attached hydrogens (tertiary/aromatic N) is 1. The molecule has 0 aromatic heterocycles. The van der Waals surface area contributed by atoms with Crippen molar-refractivity contribution < 1.29 is 31.5 Å². The maximum atomic E-state index is 15.2. The number of amides is 2. The third kappa shape index (κ3) is 5.87. The van der Waals surface area contributed by atoms with Crippen LogP contribution in [0.4, 0.5) is 19.3 Å². The van der Waals surface area contributed by atoms with E-state index in [1.54, 1.807) is 26.8 Å². The normalized spacial score (nSPS) is 18.8. The zero-order chi connectivity index (χ0) is 24.6. The molecule has 1 aliphatic rings. The van der Waals surface area contributed by atoms with Gasteiger partial charge in [0, 0.05) is 18.2 Å². The van der Waals surface area contributed by atoms with E-state index < -0.39 is 45.5 Å². The second kappa shape index (κ2) is 9.09. The molecule has 0 spiro atoms. The minimum absolute atomic E-state index is 0.0294. The van der Waals surface area contributed by atoms with Crippen LogP contribution in [0.25, 0.3) is 11.1 Å². The molecular weight excluding hydrogens is 454 g/mol. The number of ether oxygens (including phenoxy) is 1. The molecule has 0 saturated carbocycles. The Morgan fingerprint density at radius 2 is 1.82 bits per heavy atom. The minimum Gasteiger partial charge on any atom is -0.444 e. The van der Waals surface area contributed by atoms with Crippen molar-refractivity contribution in [2.24, 2.45) is 0 Å². The molecule has 1 aliphatic heterocycles. The van der Waals surface area contributed by atoms with E-state index in [-0.39, 0.29) is 29.1 Å². The Bertz CT molecular complexity index is 1180. The van der Waals surface area contributed by atoms with Crippen LogP contribution < -0.4 is 5.32 Å². The predicted molar refractivity (Wildman–Crippen MR) is 120 cm³/mol. The van der Waals surface area contributed by atoms with Crippen LogP contribution in [-0.2, 0) is 19.4 Å². The van der Waals surface area contributed by atoms with E-state index >= 15 is 4.39 Å². The maximum absolute atomic E-state index is 15.2. The standard InChI is InChI=1S/C23H26F2N2O5S/c1-23(2,3)32-22(29)27-13-15(24)12-19(27)21(28)26-18-10-6-9-17(20(18)25)14-7-5-8-16(11-14)33(4,30)31/h5-11,15,19H,12-13H2,1-4H3,(H,26,28)/t15-,19+/m1/s1. The summed E-state index contributed by atoms with van der Waals surface area (Å²) < 4.78 is 58.2. The van der Waals surface area contributed by atoms with Gasteiger partial charge in [-0.3, -0.25) is 9.69 Å². The van der Waals surface area contributed by atoms with Crippen LogP contribution in [-0.4, -0.2) is 55.9 Å². The molecule has 33 heavy (non-hydrogen) atoms. The molecule has 0 unspecified atom stereocenters. The Labute approximate surface area is 191 Å². The number of likely N-dealkylation sites (tertiary alicyclic amines) is 1. The molecule has 0 radical (unpaired) electrons. The molecule has 3 rings (SSSR count). The molecule has 7 nitrogen and oxygen atoms in total. The lowest BCUT2D eigenvalue weighted by Gasteiger charge is -2.27. The van der Waals surface area contributed by atoms with E-state index in [1.165, 1.54) is 36.4 Å². The quantitative estimate of drug-likeness (QED) is 0.709. The van der Waals surface area contributed by atoms with Crippen molar-refractivity contribution in [2.45, 2.75) is 49.9 Å². The lowest BCUT2D eigenvalue weighted by molar-refractivity contribution is -0.120. The number of carbonyl (C=O) groups is 2. The Balaban J connectivity index is 1.86. The van der Waals surface area contributed by atoms with Gasteiger partial charge in [0.15, 0.2) is 15.7 Å². The van der Waals surface area contributed by atoms with Crippen LogP contribution >= 0.6 is 0 Å². The van der Waals surface area contributed by atoms with Gasteiger partial charge in [-0.05, 0) is 44.5 Å². The van der Waals surface area contributed by atoms with Crippen LogP contribution in [0.1, 0.15) is 27.2 Å². The molecule has 1 fully saturated rings. The first-order valence-corrected chi connectivity index (χ1v) is 12.2. The van der Waals surface area contributed by atoms with Crippen molar-refractivity contribution in [3.63, 3.8) is 0 Å². The molecule has 2 aromatic rings. The van der Waals surface area contributed by atoms with E-state index in [0.29, 0.717) is 5.56 Å². The molecule has 1 heterocycles. The number of rotatable bonds is 4. The number of benzene rings is 2. The molecule has 10 heteroatoms. The first-order chi connectivity index (χ1) is 15.3. The highest BCUT2D eigenvalue weighted by Crippen LogP contribution is 2.30. The third-order valence-electron chi connectivity index (χ3n) is 5.01. The number of carbonyl (C=O) groups excluding carboxylic acids is 2. The van der Waals surface area contributed by atoms with Crippen molar-refractivity contribution in [2.75, 3.05) is 18.1 Å². The average Bonchev–Trinajstić information content (AvgIpc) is 3.10. The minimum atomic E-state index is -3.50. The average molecular weight is 481 g/mol. The molecule has 2 amide bonds. The SMILES string of the molecule is CC(C)(C)OC(=O)N1C[C@H](F)C[C@H]1C(=O)Nc1cccc(-c2cccc(S(C)(=O)=O)c2)c1F. The number of nitrogens with one attached hydrogen (secondary N) is 1. The highest BCUT2D eigenvalue weighted by atomic mass is 32.2. The van der Waals surface area contributed by atoms with Crippen molar-refractivity contribution in [1.82, 2.24) is 4.90 Å². The second-order valence-electron chi connectivity index (χ2n) is 8.94. The van der Waals surface area contributed by atoms with Gasteiger partial charge in [0.1, 0.15) is 17.8 Å². The van der Waals surface area contributed by atoms with Crippen molar-refractivity contribution in [3.05, 3.63) is 48.3 Å². The molecule has 2 atom stereocenters. The molecule has 178 valence electrons. The highest BCUT2D eigenvalue weighted by Gasteiger charge is 2.42. The summed E-state index contributed by atoms with van der Waals surface area (Å²) in [5, 5.41) is 2.43. The second-order valence-corrected chi connectivity index (χ2v) is 11.0. The fourth-order valence-electron chi connectivity index (χ4n) is 3.52. The third-order valence-corrected chi connectivity index (χ3v) is 6.12. The molecule has 0 bridgehead atoms. The van der Waals surface area contributed by atoms with Gasteiger partial charge < -0.3 is 10.1 Å². The number of sulfone groups is 1. The van der Waals surface area contributed by atoms with Gasteiger partial charge in [-0.15, -0.1) is 0 Å². The fraction of sp³-hybridized carbons (Fsp3) is 0.391. The maximum Gasteiger partial charge on any atom is 0.411 e. The summed E-state index contributed by atoms with van der Waals surface area (Å²) in [6.07, 6.45) is -1.42. The molecular formula is C23H26F2N2O5S. The summed E-state index contributed by atoms with van der Waals surface area (Å²) in [4.78, 5) is 26.3. The van der Waals surface area contributed by atoms with E-state index in [9.17, 15) is 22.4 Å². The van der Waals surface area contributed by atoms with E-state index in [2.05, 4.69) is 5.32 Å². The van der Waals surface area contributed by atoms with Gasteiger partial charge in [0.2, 0.25) is 5.91 Å². The number of hydrogen-bond acceptors (Lipinski definition) is 5. The lowest BCUT2D eigenvalue weighted by atomic mass is 10.0. The van der Waals surface area contributed by atoms with Gasteiger partial charge in [-0.25, -0.2) is 22.0 Å². The van der Waals surface area contributed by atoms with E-state index in [4.69, 9.17) is 4.74 Å². The summed E-state index contributed by atoms with van der Waals surface area (Å²) in [7, 11) is -3.50. The summed E-state index contributed by atoms with van der Waals surface area (Å²) in [6, 6.07) is 8.91. The Kier molecular flexibility index (Phi) is 6.78. The van der Waals surface area contributed by atoms with Crippen LogP contribution in [0.2, 0.25) is 0 Å². The van der Waals surface area contributed by atoms with Gasteiger partial charge in [0.25, 0.3) is 0 Å². The Hall–Kier alpha value is -3.01. The molecule has 2 aromatic carbocycles. The summed E-state index contributed by atoms with van der Waals surface area (Å²) in [5.41, 5.74) is -0.606. The predicted octanol–water partition coefficient (Wildman–Crippen LogP) is 4.18. The van der Waals surface area contributed by atoms with Crippen molar-refractivity contribution >= 4 is 27.5 Å². The first kappa shape index (κ1) is 24.6. The molecule has 1 saturated heterocycles. The van der Waals surface area contributed by atoms with Crippen molar-refractivity contribution in [3.8, 4) is 11.1 Å². The summed E-state index contributed by atoms with van der Waals surface area (Å²) in [5.74, 6) is -1.53. The number of alkyl halides is 1. The summed E-state index contributed by atoms with van der Waals surface area (Å²) in [6.45, 7) is 4.67. The van der Waals surface area contributed by atoms with E-state index in [0.717, 1.165) is 11.2 Å². The van der Waals surface area contributed by atoms with E-state index in [1.807, 2.05) is 0 Å². The first-order valence-electron chi connectivity index (χ1n) is 10.3. The fourth-order valence-corrected chi connectivity index (χ4v) is 4.18. The zero-order valence-electron chi connectivity index (χ0n) is 18.8. The van der Waals surface area contributed by atoms with Crippen LogP contribution in [0, 0.1) is 5.82 Å². The lowest BCUT2D eigenvalue weighted by Crippen LogP contribution is -2.45. The Morgan fingerprint density at radius 3 is 2.45 bits per heavy atom. The van der Waals surface area contributed by atoms with Crippen LogP contribution in [0.3, 0.4) is 0 Å². The molecule has 1 N–H and O–H groups in total. The van der Waals surface area contributed by atoms with Gasteiger partial charge in [-0.1, -0.05) is 24.3 Å². The number of anilines is 1. The molecule has 0 aliphatic carbocycles. The van der Waals surface area contributed by atoms with Crippen molar-refractivity contribution in [1.29, 1.82) is 0 Å². The number of hydrogen-bond donors (Lipinski definition) is 1. The van der Waals surface area contributed by atoms with Gasteiger partial charge in [0.05, 0.1) is 17.1 Å². The van der Waals surface area contributed by atoms with Gasteiger partial charge >= 0.3 is 6.09 Å². The zero-order valence-corrected chi connectivity index (χ0v) is 19.6. The number of halogens is 2. The highest BCUT2D eigenvalue weighted by molar-refractivity contribution is 7.90. The monoisotopic (exact) mass is 480 g/mol.